The van der Waals surface area contributed by atoms with Crippen LogP contribution in [0.15, 0.2) is 94.4 Å². The maximum Gasteiger partial charge on any atom is 0.338 e. The van der Waals surface area contributed by atoms with Gasteiger partial charge in [-0.3, -0.25) is 9.59 Å². The van der Waals surface area contributed by atoms with Gasteiger partial charge >= 0.3 is 5.97 Å². The lowest BCUT2D eigenvalue weighted by molar-refractivity contribution is -0.120. The van der Waals surface area contributed by atoms with Crippen LogP contribution in [0, 0.1) is 0 Å². The molecule has 1 aliphatic rings. The van der Waals surface area contributed by atoms with Crippen molar-refractivity contribution in [1.29, 1.82) is 0 Å². The number of hydrogen-bond acceptors (Lipinski definition) is 7. The second-order valence-electron chi connectivity index (χ2n) is 8.18. The Labute approximate surface area is 220 Å². The first-order chi connectivity index (χ1) is 18.0. The molecule has 0 fully saturated rings. The zero-order valence-electron chi connectivity index (χ0n) is 20.7. The molecule has 7 nitrogen and oxygen atoms in total. The highest BCUT2D eigenvalue weighted by Gasteiger charge is 2.40. The first-order valence-corrected chi connectivity index (χ1v) is 13.0. The number of esters is 1. The molecule has 3 aromatic rings. The molecule has 1 heterocycles. The van der Waals surface area contributed by atoms with Gasteiger partial charge in [-0.2, -0.15) is 0 Å². The zero-order chi connectivity index (χ0) is 26.2. The minimum atomic E-state index is -0.476. The summed E-state index contributed by atoms with van der Waals surface area (Å²) in [6.45, 7) is 4.82. The normalized spacial score (nSPS) is 13.2. The van der Waals surface area contributed by atoms with E-state index in [4.69, 9.17) is 9.47 Å². The molecule has 2 amide bonds. The van der Waals surface area contributed by atoms with Crippen molar-refractivity contribution in [1.82, 2.24) is 0 Å². The fraction of sp³-hybridized carbons (Fsp3) is 0.207. The maximum atomic E-state index is 13.5. The largest absolute Gasteiger partial charge is 0.494 e. The van der Waals surface area contributed by atoms with Crippen molar-refractivity contribution in [2.45, 2.75) is 31.6 Å². The number of carbonyl (C=O) groups excluding carboxylic acids is 3. The second kappa shape index (κ2) is 12.3. The van der Waals surface area contributed by atoms with Gasteiger partial charge in [-0.15, -0.1) is 0 Å². The molecule has 0 aromatic heterocycles. The molecule has 0 saturated heterocycles. The highest BCUT2D eigenvalue weighted by Crippen LogP contribution is 2.38. The Morgan fingerprint density at radius 3 is 2.24 bits per heavy atom. The van der Waals surface area contributed by atoms with E-state index in [1.54, 1.807) is 48.5 Å². The van der Waals surface area contributed by atoms with Gasteiger partial charge in [0.25, 0.3) is 11.8 Å². The molecule has 1 aliphatic heterocycles. The number of anilines is 2. The monoisotopic (exact) mass is 516 g/mol. The van der Waals surface area contributed by atoms with Crippen LogP contribution in [-0.2, 0) is 14.3 Å². The summed E-state index contributed by atoms with van der Waals surface area (Å²) in [7, 11) is 0. The zero-order valence-corrected chi connectivity index (χ0v) is 21.5. The van der Waals surface area contributed by atoms with E-state index in [0.29, 0.717) is 35.9 Å². The summed E-state index contributed by atoms with van der Waals surface area (Å²) in [5, 5.41) is 3.14. The lowest BCUT2D eigenvalue weighted by Crippen LogP contribution is -2.32. The number of hydrogen-bond donors (Lipinski definition) is 1. The highest BCUT2D eigenvalue weighted by molar-refractivity contribution is 8.04. The lowest BCUT2D eigenvalue weighted by Gasteiger charge is -2.16. The molecule has 0 bridgehead atoms. The van der Waals surface area contributed by atoms with E-state index < -0.39 is 17.8 Å². The van der Waals surface area contributed by atoms with Crippen molar-refractivity contribution in [3.8, 4) is 5.75 Å². The maximum absolute atomic E-state index is 13.5. The van der Waals surface area contributed by atoms with Crippen LogP contribution in [0.1, 0.15) is 37.0 Å². The van der Waals surface area contributed by atoms with Gasteiger partial charge in [-0.1, -0.05) is 43.3 Å². The van der Waals surface area contributed by atoms with Crippen molar-refractivity contribution in [2.24, 2.45) is 0 Å². The number of nitrogens with zero attached hydrogens (tertiary/aromatic N) is 1. The summed E-state index contributed by atoms with van der Waals surface area (Å²) >= 11 is 1.23. The molecule has 0 radical (unpaired) electrons. The Morgan fingerprint density at radius 1 is 0.892 bits per heavy atom. The molecule has 0 spiro atoms. The van der Waals surface area contributed by atoms with E-state index in [0.717, 1.165) is 22.6 Å². The van der Waals surface area contributed by atoms with E-state index in [9.17, 15) is 14.4 Å². The molecular weight excluding hydrogens is 488 g/mol. The number of benzene rings is 3. The molecular formula is C29H28N2O5S. The summed E-state index contributed by atoms with van der Waals surface area (Å²) in [4.78, 5) is 41.6. The van der Waals surface area contributed by atoms with Gasteiger partial charge in [0, 0.05) is 10.6 Å². The van der Waals surface area contributed by atoms with Crippen LogP contribution in [0.4, 0.5) is 11.4 Å². The highest BCUT2D eigenvalue weighted by atomic mass is 32.2. The SMILES string of the molecule is CCCCOC(=O)c1ccc(N2C(=O)C(Nc3ccc(OCC)cc3)=C(Sc3ccccc3)C2=O)cc1. The second-order valence-corrected chi connectivity index (χ2v) is 9.27. The van der Waals surface area contributed by atoms with Crippen molar-refractivity contribution in [2.75, 3.05) is 23.4 Å². The number of ether oxygens (including phenoxy) is 2. The van der Waals surface area contributed by atoms with Crippen LogP contribution in [0.25, 0.3) is 0 Å². The van der Waals surface area contributed by atoms with Crippen molar-refractivity contribution in [3.05, 3.63) is 95.0 Å². The van der Waals surface area contributed by atoms with E-state index in [1.807, 2.05) is 44.2 Å². The van der Waals surface area contributed by atoms with Crippen molar-refractivity contribution < 1.29 is 23.9 Å². The predicted octanol–water partition coefficient (Wildman–Crippen LogP) is 6.03. The Hall–Kier alpha value is -4.04. The number of amides is 2. The van der Waals surface area contributed by atoms with E-state index in [-0.39, 0.29) is 10.6 Å². The average Bonchev–Trinajstić information content (AvgIpc) is 3.14. The van der Waals surface area contributed by atoms with Gasteiger partial charge in [0.1, 0.15) is 16.4 Å². The Kier molecular flexibility index (Phi) is 8.64. The van der Waals surface area contributed by atoms with Crippen LogP contribution >= 0.6 is 11.8 Å². The van der Waals surface area contributed by atoms with Gasteiger partial charge in [0.2, 0.25) is 0 Å². The third kappa shape index (κ3) is 6.21. The number of nitrogens with one attached hydrogen (secondary N) is 1. The smallest absolute Gasteiger partial charge is 0.338 e. The predicted molar refractivity (Wildman–Crippen MR) is 145 cm³/mol. The minimum Gasteiger partial charge on any atom is -0.494 e. The van der Waals surface area contributed by atoms with E-state index in [1.165, 1.54) is 11.8 Å². The Morgan fingerprint density at radius 2 is 1.59 bits per heavy atom. The quantitative estimate of drug-likeness (QED) is 0.189. The molecule has 1 N–H and O–H groups in total. The topological polar surface area (TPSA) is 84.9 Å². The number of thioether (sulfide) groups is 1. The molecule has 37 heavy (non-hydrogen) atoms. The van der Waals surface area contributed by atoms with Crippen LogP contribution in [0.2, 0.25) is 0 Å². The molecule has 0 aliphatic carbocycles. The first-order valence-electron chi connectivity index (χ1n) is 12.1. The summed E-state index contributed by atoms with van der Waals surface area (Å²) < 4.78 is 10.7. The summed E-state index contributed by atoms with van der Waals surface area (Å²) in [6, 6.07) is 22.9. The van der Waals surface area contributed by atoms with Gasteiger partial charge in [0.15, 0.2) is 0 Å². The van der Waals surface area contributed by atoms with Crippen molar-refractivity contribution in [3.63, 3.8) is 0 Å². The molecule has 3 aromatic carbocycles. The third-order valence-electron chi connectivity index (χ3n) is 5.53. The van der Waals surface area contributed by atoms with Gasteiger partial charge in [-0.25, -0.2) is 9.69 Å². The average molecular weight is 517 g/mol. The number of carbonyl (C=O) groups is 3. The van der Waals surface area contributed by atoms with E-state index in [2.05, 4.69) is 5.32 Å². The van der Waals surface area contributed by atoms with Crippen LogP contribution in [0.5, 0.6) is 5.75 Å². The van der Waals surface area contributed by atoms with Crippen molar-refractivity contribution >= 4 is 40.9 Å². The molecule has 4 rings (SSSR count). The number of unbranched alkanes of at least 4 members (excludes halogenated alkanes) is 1. The molecule has 0 saturated carbocycles. The van der Waals surface area contributed by atoms with Gasteiger partial charge in [-0.05, 0) is 74.0 Å². The van der Waals surface area contributed by atoms with Crippen LogP contribution in [-0.4, -0.2) is 31.0 Å². The van der Waals surface area contributed by atoms with Gasteiger partial charge < -0.3 is 14.8 Å². The number of imide groups is 1. The summed E-state index contributed by atoms with van der Waals surface area (Å²) in [6.07, 6.45) is 1.72. The third-order valence-corrected chi connectivity index (χ3v) is 6.62. The summed E-state index contributed by atoms with van der Waals surface area (Å²) in [5.41, 5.74) is 1.57. The van der Waals surface area contributed by atoms with E-state index >= 15 is 0 Å². The first kappa shape index (κ1) is 26.0. The molecule has 190 valence electrons. The fourth-order valence-electron chi connectivity index (χ4n) is 3.64. The number of rotatable bonds is 11. The Balaban J connectivity index is 1.60. The van der Waals surface area contributed by atoms with Gasteiger partial charge in [0.05, 0.1) is 24.5 Å². The minimum absolute atomic E-state index is 0.186. The van der Waals surface area contributed by atoms with Crippen LogP contribution in [0.3, 0.4) is 0 Å². The van der Waals surface area contributed by atoms with Crippen LogP contribution < -0.4 is 15.0 Å². The molecule has 8 heteroatoms. The standard InChI is InChI=1S/C29H28N2O5S/c1-3-5-19-36-29(34)20-11-15-22(16-12-20)31-27(32)25(30-21-13-17-23(18-14-21)35-4-2)26(28(31)33)37-24-9-7-6-8-10-24/h6-18,30H,3-5,19H2,1-2H3. The Bertz CT molecular complexity index is 1290. The molecule has 0 unspecified atom stereocenters. The summed E-state index contributed by atoms with van der Waals surface area (Å²) in [5.74, 6) is -0.638. The molecule has 0 atom stereocenters. The lowest BCUT2D eigenvalue weighted by atomic mass is 10.2. The fourth-order valence-corrected chi connectivity index (χ4v) is 4.59.